The Morgan fingerprint density at radius 2 is 1.64 bits per heavy atom. The van der Waals surface area contributed by atoms with E-state index in [0.29, 0.717) is 26.2 Å². The summed E-state index contributed by atoms with van der Waals surface area (Å²) in [6, 6.07) is 20.4. The van der Waals surface area contributed by atoms with Crippen LogP contribution >= 0.6 is 0 Å². The van der Waals surface area contributed by atoms with Crippen LogP contribution in [0.3, 0.4) is 0 Å². The van der Waals surface area contributed by atoms with Crippen LogP contribution in [0.1, 0.15) is 0 Å². The van der Waals surface area contributed by atoms with Crippen molar-refractivity contribution in [2.75, 3.05) is 31.1 Å². The van der Waals surface area contributed by atoms with Crippen LogP contribution in [-0.2, 0) is 0 Å². The topological polar surface area (TPSA) is 56.7 Å². The maximum Gasteiger partial charge on any atom is 0.407 e. The summed E-state index contributed by atoms with van der Waals surface area (Å²) in [6.07, 6.45) is -0.841. The lowest BCUT2D eigenvalue weighted by atomic mass is 10.1. The van der Waals surface area contributed by atoms with Crippen LogP contribution in [0, 0.1) is 0 Å². The first-order valence-electron chi connectivity index (χ1n) is 8.40. The molecule has 0 unspecified atom stereocenters. The molecular formula is C20H19N3O2. The highest BCUT2D eigenvalue weighted by Crippen LogP contribution is 2.29. The van der Waals surface area contributed by atoms with Crippen LogP contribution in [0.2, 0.25) is 0 Å². The number of anilines is 1. The Morgan fingerprint density at radius 3 is 2.36 bits per heavy atom. The molecule has 3 aromatic rings. The van der Waals surface area contributed by atoms with Gasteiger partial charge in [-0.25, -0.2) is 9.78 Å². The van der Waals surface area contributed by atoms with E-state index in [2.05, 4.69) is 35.2 Å². The molecule has 1 saturated heterocycles. The Bertz CT molecular complexity index is 903. The zero-order valence-corrected chi connectivity index (χ0v) is 13.8. The summed E-state index contributed by atoms with van der Waals surface area (Å²) in [5, 5.41) is 10.2. The fourth-order valence-corrected chi connectivity index (χ4v) is 3.32. The number of hydrogen-bond donors (Lipinski definition) is 1. The molecule has 0 radical (unpaired) electrons. The monoisotopic (exact) mass is 333 g/mol. The highest BCUT2D eigenvalue weighted by Gasteiger charge is 2.21. The van der Waals surface area contributed by atoms with Crippen molar-refractivity contribution < 1.29 is 9.90 Å². The van der Waals surface area contributed by atoms with E-state index >= 15 is 0 Å². The molecule has 25 heavy (non-hydrogen) atoms. The highest BCUT2D eigenvalue weighted by atomic mass is 16.4. The average molecular weight is 333 g/mol. The number of carbonyl (C=O) groups is 1. The third kappa shape index (κ3) is 3.01. The van der Waals surface area contributed by atoms with E-state index in [-0.39, 0.29) is 0 Å². The van der Waals surface area contributed by atoms with E-state index in [4.69, 9.17) is 10.1 Å². The summed E-state index contributed by atoms with van der Waals surface area (Å²) in [5.41, 5.74) is 4.14. The second-order valence-corrected chi connectivity index (χ2v) is 6.16. The summed E-state index contributed by atoms with van der Waals surface area (Å²) in [5.74, 6) is 0. The molecular weight excluding hydrogens is 314 g/mol. The van der Waals surface area contributed by atoms with Crippen molar-refractivity contribution in [3.8, 4) is 11.3 Å². The SMILES string of the molecule is O=C(O)N1CCN(c2cccc3nc(-c4ccccc4)ccc23)CC1. The smallest absolute Gasteiger partial charge is 0.407 e. The second kappa shape index (κ2) is 6.43. The fourth-order valence-electron chi connectivity index (χ4n) is 3.32. The lowest BCUT2D eigenvalue weighted by molar-refractivity contribution is 0.142. The van der Waals surface area contributed by atoms with Gasteiger partial charge in [0.1, 0.15) is 0 Å². The van der Waals surface area contributed by atoms with Gasteiger partial charge in [-0.05, 0) is 24.3 Å². The summed E-state index contributed by atoms with van der Waals surface area (Å²) in [4.78, 5) is 19.6. The second-order valence-electron chi connectivity index (χ2n) is 6.16. The number of nitrogens with zero attached hydrogens (tertiary/aromatic N) is 3. The summed E-state index contributed by atoms with van der Waals surface area (Å²) in [6.45, 7) is 2.46. The number of benzene rings is 2. The number of rotatable bonds is 2. The molecule has 1 amide bonds. The zero-order chi connectivity index (χ0) is 17.2. The zero-order valence-electron chi connectivity index (χ0n) is 13.8. The molecule has 2 aromatic carbocycles. The highest BCUT2D eigenvalue weighted by molar-refractivity contribution is 5.93. The molecule has 0 atom stereocenters. The molecule has 2 heterocycles. The van der Waals surface area contributed by atoms with Gasteiger partial charge in [-0.15, -0.1) is 0 Å². The number of piperazine rings is 1. The van der Waals surface area contributed by atoms with Gasteiger partial charge in [0, 0.05) is 42.8 Å². The van der Waals surface area contributed by atoms with Crippen molar-refractivity contribution >= 4 is 22.7 Å². The molecule has 1 aliphatic heterocycles. The van der Waals surface area contributed by atoms with Crippen LogP contribution in [0.25, 0.3) is 22.2 Å². The molecule has 0 aliphatic carbocycles. The minimum atomic E-state index is -0.841. The molecule has 1 N–H and O–H groups in total. The lowest BCUT2D eigenvalue weighted by Crippen LogP contribution is -2.48. The average Bonchev–Trinajstić information content (AvgIpc) is 2.68. The van der Waals surface area contributed by atoms with E-state index in [0.717, 1.165) is 27.8 Å². The minimum Gasteiger partial charge on any atom is -0.465 e. The summed E-state index contributed by atoms with van der Waals surface area (Å²) >= 11 is 0. The number of amides is 1. The van der Waals surface area contributed by atoms with Crippen molar-refractivity contribution in [1.29, 1.82) is 0 Å². The van der Waals surface area contributed by atoms with Crippen LogP contribution in [0.4, 0.5) is 10.5 Å². The van der Waals surface area contributed by atoms with Gasteiger partial charge in [0.2, 0.25) is 0 Å². The fraction of sp³-hybridized carbons (Fsp3) is 0.200. The van der Waals surface area contributed by atoms with Gasteiger partial charge in [-0.1, -0.05) is 36.4 Å². The number of hydrogen-bond acceptors (Lipinski definition) is 3. The molecule has 1 aromatic heterocycles. The van der Waals surface area contributed by atoms with Crippen LogP contribution in [0.15, 0.2) is 60.7 Å². The predicted octanol–water partition coefficient (Wildman–Crippen LogP) is 3.70. The molecule has 4 rings (SSSR count). The maximum atomic E-state index is 11.1. The molecule has 0 bridgehead atoms. The first kappa shape index (κ1) is 15.4. The number of carboxylic acid groups (broad SMARTS) is 1. The van der Waals surface area contributed by atoms with Gasteiger partial charge >= 0.3 is 6.09 Å². The standard InChI is InChI=1S/C20H19N3O2/c24-20(25)23-13-11-22(12-14-23)19-8-4-7-18-16(19)9-10-17(21-18)15-5-2-1-3-6-15/h1-10H,11-14H2,(H,24,25). The molecule has 1 fully saturated rings. The third-order valence-corrected chi connectivity index (χ3v) is 4.67. The van der Waals surface area contributed by atoms with Gasteiger partial charge in [-0.2, -0.15) is 0 Å². The van der Waals surface area contributed by atoms with Crippen molar-refractivity contribution in [2.45, 2.75) is 0 Å². The Labute approximate surface area is 146 Å². The van der Waals surface area contributed by atoms with E-state index in [1.54, 1.807) is 0 Å². The first-order chi connectivity index (χ1) is 12.2. The Balaban J connectivity index is 1.66. The van der Waals surface area contributed by atoms with Crippen molar-refractivity contribution in [3.63, 3.8) is 0 Å². The van der Waals surface area contributed by atoms with Crippen molar-refractivity contribution in [2.24, 2.45) is 0 Å². The molecule has 0 saturated carbocycles. The van der Waals surface area contributed by atoms with E-state index in [9.17, 15) is 4.79 Å². The lowest BCUT2D eigenvalue weighted by Gasteiger charge is -2.35. The van der Waals surface area contributed by atoms with Gasteiger partial charge in [-0.3, -0.25) is 0 Å². The van der Waals surface area contributed by atoms with Gasteiger partial charge in [0.15, 0.2) is 0 Å². The minimum absolute atomic E-state index is 0.529. The van der Waals surface area contributed by atoms with Gasteiger partial charge in [0.05, 0.1) is 11.2 Å². The van der Waals surface area contributed by atoms with Crippen LogP contribution in [0.5, 0.6) is 0 Å². The molecule has 1 aliphatic rings. The van der Waals surface area contributed by atoms with E-state index in [1.165, 1.54) is 4.90 Å². The summed E-state index contributed by atoms with van der Waals surface area (Å²) < 4.78 is 0. The Morgan fingerprint density at radius 1 is 0.880 bits per heavy atom. The molecule has 5 heteroatoms. The number of aromatic nitrogens is 1. The molecule has 126 valence electrons. The van der Waals surface area contributed by atoms with Crippen LogP contribution < -0.4 is 4.90 Å². The van der Waals surface area contributed by atoms with Crippen molar-refractivity contribution in [1.82, 2.24) is 9.88 Å². The quantitative estimate of drug-likeness (QED) is 0.777. The number of pyridine rings is 1. The Hall–Kier alpha value is -3.08. The molecule has 0 spiro atoms. The summed E-state index contributed by atoms with van der Waals surface area (Å²) in [7, 11) is 0. The molecule has 5 nitrogen and oxygen atoms in total. The van der Waals surface area contributed by atoms with Gasteiger partial charge in [0.25, 0.3) is 0 Å². The predicted molar refractivity (Wildman–Crippen MR) is 99.0 cm³/mol. The maximum absolute atomic E-state index is 11.1. The normalized spacial score (nSPS) is 14.7. The van der Waals surface area contributed by atoms with Crippen molar-refractivity contribution in [3.05, 3.63) is 60.7 Å². The number of fused-ring (bicyclic) bond motifs is 1. The van der Waals surface area contributed by atoms with E-state index in [1.807, 2.05) is 30.3 Å². The Kier molecular flexibility index (Phi) is 3.98. The van der Waals surface area contributed by atoms with Gasteiger partial charge < -0.3 is 14.9 Å². The van der Waals surface area contributed by atoms with E-state index < -0.39 is 6.09 Å². The van der Waals surface area contributed by atoms with Crippen LogP contribution in [-0.4, -0.2) is 47.3 Å². The largest absolute Gasteiger partial charge is 0.465 e. The third-order valence-electron chi connectivity index (χ3n) is 4.67. The first-order valence-corrected chi connectivity index (χ1v) is 8.40.